The molecule has 0 bridgehead atoms. The number of halogens is 3. The van der Waals surface area contributed by atoms with Crippen molar-refractivity contribution < 1.29 is 32.3 Å². The summed E-state index contributed by atoms with van der Waals surface area (Å²) in [6.07, 6.45) is -4.26. The molecule has 0 saturated heterocycles. The van der Waals surface area contributed by atoms with Gasteiger partial charge in [-0.25, -0.2) is 0 Å². The number of amides is 4. The van der Waals surface area contributed by atoms with Crippen LogP contribution in [0.15, 0.2) is 103 Å². The van der Waals surface area contributed by atoms with E-state index in [9.17, 15) is 37.6 Å². The first-order chi connectivity index (χ1) is 26.1. The van der Waals surface area contributed by atoms with E-state index in [0.717, 1.165) is 11.1 Å². The van der Waals surface area contributed by atoms with E-state index in [0.29, 0.717) is 23.1 Å². The second-order valence-corrected chi connectivity index (χ2v) is 13.6. The van der Waals surface area contributed by atoms with E-state index in [1.165, 1.54) is 6.07 Å². The third-order valence-corrected chi connectivity index (χ3v) is 8.90. The Labute approximate surface area is 318 Å². The average Bonchev–Trinajstić information content (AvgIpc) is 3.17. The van der Waals surface area contributed by atoms with Crippen molar-refractivity contribution in [3.63, 3.8) is 0 Å². The van der Waals surface area contributed by atoms with E-state index in [1.807, 2.05) is 72.9 Å². The van der Waals surface area contributed by atoms with Gasteiger partial charge in [-0.3, -0.25) is 19.2 Å². The molecule has 10 nitrogen and oxygen atoms in total. The van der Waals surface area contributed by atoms with Crippen LogP contribution >= 0.6 is 0 Å². The number of carbonyl (C=O) groups excluding carboxylic acids is 4. The summed E-state index contributed by atoms with van der Waals surface area (Å²) in [6.45, 7) is 5.17. The van der Waals surface area contributed by atoms with E-state index in [2.05, 4.69) is 27.3 Å². The Morgan fingerprint density at radius 3 is 1.91 bits per heavy atom. The van der Waals surface area contributed by atoms with Crippen LogP contribution in [0.2, 0.25) is 0 Å². The largest absolute Gasteiger partial charge is 0.405 e. The summed E-state index contributed by atoms with van der Waals surface area (Å²) >= 11 is 0. The van der Waals surface area contributed by atoms with E-state index in [4.69, 9.17) is 0 Å². The molecule has 0 fully saturated rings. The highest BCUT2D eigenvalue weighted by Gasteiger charge is 2.32. The Kier molecular flexibility index (Phi) is 14.7. The number of nitriles is 1. The quantitative estimate of drug-likeness (QED) is 0.0968. The van der Waals surface area contributed by atoms with Crippen molar-refractivity contribution in [2.45, 2.75) is 64.5 Å². The second kappa shape index (κ2) is 19.4. The molecular weight excluding hydrogens is 709 g/mol. The Morgan fingerprint density at radius 1 is 0.727 bits per heavy atom. The zero-order valence-corrected chi connectivity index (χ0v) is 31.0. The highest BCUT2D eigenvalue weighted by Crippen LogP contribution is 2.27. The standard InChI is InChI=1S/C42H45F3N6O4/c1-26(2)37(41(55)48-25-42(43,44)45)51-38(52)28(4)47-24-35(19-29-13-7-5-8-14-29)50-40(54)34-21-32(36-18-12-11-17-31(36)23-46)20-33(22-34)39(53)49-27(3)30-15-9-6-10-16-30/h5-18,20-22,26-28,35,37,47H,19,24-25H2,1-4H3,(H,48,55)(H,49,53)(H,50,54)(H,51,52)/t27-,28+,35+,37+/m1/s1. The molecule has 0 radical (unpaired) electrons. The normalized spacial score (nSPS) is 13.4. The van der Waals surface area contributed by atoms with Gasteiger partial charge in [-0.2, -0.15) is 18.4 Å². The number of alkyl halides is 3. The van der Waals surface area contributed by atoms with Crippen molar-refractivity contribution in [3.8, 4) is 17.2 Å². The maximum atomic E-state index is 14.1. The molecule has 0 unspecified atom stereocenters. The molecule has 0 saturated carbocycles. The Morgan fingerprint density at radius 2 is 1.31 bits per heavy atom. The molecule has 288 valence electrons. The van der Waals surface area contributed by atoms with E-state index in [1.54, 1.807) is 57.2 Å². The summed E-state index contributed by atoms with van der Waals surface area (Å²) in [4.78, 5) is 53.4. The molecule has 4 amide bonds. The summed E-state index contributed by atoms with van der Waals surface area (Å²) in [6, 6.07) is 29.5. The van der Waals surface area contributed by atoms with Crippen LogP contribution in [0.4, 0.5) is 13.2 Å². The first-order valence-electron chi connectivity index (χ1n) is 17.9. The fraction of sp³-hybridized carbons (Fsp3) is 0.310. The van der Waals surface area contributed by atoms with Gasteiger partial charge in [-0.1, -0.05) is 92.7 Å². The van der Waals surface area contributed by atoms with Crippen LogP contribution in [0.25, 0.3) is 11.1 Å². The first kappa shape index (κ1) is 41.8. The molecule has 13 heteroatoms. The van der Waals surface area contributed by atoms with Gasteiger partial charge < -0.3 is 26.6 Å². The molecule has 0 aliphatic carbocycles. The van der Waals surface area contributed by atoms with Crippen molar-refractivity contribution in [2.24, 2.45) is 5.92 Å². The molecule has 4 rings (SSSR count). The SMILES string of the molecule is CC(C)[C@H](NC(=O)[C@H](C)NC[C@H](Cc1ccccc1)NC(=O)c1cc(C(=O)N[C@H](C)c2ccccc2)cc(-c2ccccc2C#N)c1)C(=O)NCC(F)(F)F. The van der Waals surface area contributed by atoms with Crippen LogP contribution in [-0.4, -0.2) is 61.0 Å². The lowest BCUT2D eigenvalue weighted by molar-refractivity contribution is -0.141. The summed E-state index contributed by atoms with van der Waals surface area (Å²) in [5, 5.41) is 23.3. The molecule has 0 aromatic heterocycles. The topological polar surface area (TPSA) is 152 Å². The van der Waals surface area contributed by atoms with Crippen LogP contribution in [-0.2, 0) is 16.0 Å². The maximum absolute atomic E-state index is 14.1. The van der Waals surface area contributed by atoms with Crippen molar-refractivity contribution in [3.05, 3.63) is 131 Å². The zero-order chi connectivity index (χ0) is 40.1. The number of carbonyl (C=O) groups is 4. The molecule has 4 aromatic carbocycles. The van der Waals surface area contributed by atoms with Crippen LogP contribution in [0.1, 0.15) is 71.1 Å². The number of nitrogens with zero attached hydrogens (tertiary/aromatic N) is 1. The minimum atomic E-state index is -4.61. The van der Waals surface area contributed by atoms with Crippen molar-refractivity contribution in [1.29, 1.82) is 5.26 Å². The van der Waals surface area contributed by atoms with E-state index in [-0.39, 0.29) is 23.7 Å². The van der Waals surface area contributed by atoms with Gasteiger partial charge >= 0.3 is 6.18 Å². The molecule has 4 aromatic rings. The second-order valence-electron chi connectivity index (χ2n) is 13.6. The minimum absolute atomic E-state index is 0.0841. The lowest BCUT2D eigenvalue weighted by atomic mass is 9.95. The van der Waals surface area contributed by atoms with Crippen molar-refractivity contribution in [2.75, 3.05) is 13.1 Å². The molecule has 55 heavy (non-hydrogen) atoms. The fourth-order valence-corrected chi connectivity index (χ4v) is 5.85. The molecule has 0 heterocycles. The van der Waals surface area contributed by atoms with Crippen LogP contribution < -0.4 is 26.6 Å². The highest BCUT2D eigenvalue weighted by atomic mass is 19.4. The van der Waals surface area contributed by atoms with Crippen molar-refractivity contribution in [1.82, 2.24) is 26.6 Å². The smallest absolute Gasteiger partial charge is 0.348 e. The molecular formula is C42H45F3N6O4. The molecule has 0 aliphatic heterocycles. The lowest BCUT2D eigenvalue weighted by Crippen LogP contribution is -2.56. The van der Waals surface area contributed by atoms with Crippen LogP contribution in [0.3, 0.4) is 0 Å². The first-order valence-corrected chi connectivity index (χ1v) is 17.9. The predicted molar refractivity (Wildman–Crippen MR) is 204 cm³/mol. The lowest BCUT2D eigenvalue weighted by Gasteiger charge is -2.26. The minimum Gasteiger partial charge on any atom is -0.348 e. The maximum Gasteiger partial charge on any atom is 0.405 e. The molecule has 0 aliphatic rings. The number of nitrogens with one attached hydrogen (secondary N) is 5. The van der Waals surface area contributed by atoms with Gasteiger partial charge in [-0.15, -0.1) is 0 Å². The summed E-state index contributed by atoms with van der Waals surface area (Å²) in [5.74, 6) is -3.00. The predicted octanol–water partition coefficient (Wildman–Crippen LogP) is 5.85. The van der Waals surface area contributed by atoms with Gasteiger partial charge in [0.05, 0.1) is 23.7 Å². The summed E-state index contributed by atoms with van der Waals surface area (Å²) < 4.78 is 38.2. The monoisotopic (exact) mass is 754 g/mol. The fourth-order valence-electron chi connectivity index (χ4n) is 5.85. The summed E-state index contributed by atoms with van der Waals surface area (Å²) in [5.41, 5.74) is 3.54. The zero-order valence-electron chi connectivity index (χ0n) is 31.0. The average molecular weight is 755 g/mol. The Bertz CT molecular complexity index is 1980. The van der Waals surface area contributed by atoms with Gasteiger partial charge in [0.2, 0.25) is 11.8 Å². The molecule has 0 spiro atoms. The Balaban J connectivity index is 1.57. The van der Waals surface area contributed by atoms with Crippen LogP contribution in [0, 0.1) is 17.2 Å². The summed E-state index contributed by atoms with van der Waals surface area (Å²) in [7, 11) is 0. The van der Waals surface area contributed by atoms with Crippen LogP contribution in [0.5, 0.6) is 0 Å². The van der Waals surface area contributed by atoms with Crippen molar-refractivity contribution >= 4 is 23.6 Å². The van der Waals surface area contributed by atoms with Gasteiger partial charge in [0, 0.05) is 23.7 Å². The Hall–Kier alpha value is -6.00. The van der Waals surface area contributed by atoms with E-state index < -0.39 is 60.4 Å². The van der Waals surface area contributed by atoms with Gasteiger partial charge in [0.25, 0.3) is 11.8 Å². The third kappa shape index (κ3) is 12.5. The number of hydrogen-bond donors (Lipinski definition) is 5. The molecule has 4 atom stereocenters. The number of benzene rings is 4. The molecule has 5 N–H and O–H groups in total. The number of rotatable bonds is 16. The van der Waals surface area contributed by atoms with Gasteiger partial charge in [0.1, 0.15) is 12.6 Å². The van der Waals surface area contributed by atoms with Gasteiger partial charge in [0.15, 0.2) is 0 Å². The van der Waals surface area contributed by atoms with E-state index >= 15 is 0 Å². The van der Waals surface area contributed by atoms with Gasteiger partial charge in [-0.05, 0) is 72.7 Å². The number of hydrogen-bond acceptors (Lipinski definition) is 6. The third-order valence-electron chi connectivity index (χ3n) is 8.90. The highest BCUT2D eigenvalue weighted by molar-refractivity contribution is 6.02.